The van der Waals surface area contributed by atoms with Gasteiger partial charge >= 0.3 is 0 Å². The fourth-order valence-corrected chi connectivity index (χ4v) is 3.29. The predicted molar refractivity (Wildman–Crippen MR) is 86.9 cm³/mol. The van der Waals surface area contributed by atoms with Gasteiger partial charge in [-0.3, -0.25) is 0 Å². The van der Waals surface area contributed by atoms with Gasteiger partial charge in [0.2, 0.25) is 17.8 Å². The maximum absolute atomic E-state index is 4.44. The summed E-state index contributed by atoms with van der Waals surface area (Å²) >= 11 is 2.05. The summed E-state index contributed by atoms with van der Waals surface area (Å²) in [6.45, 7) is 3.76. The highest BCUT2D eigenvalue weighted by molar-refractivity contribution is 7.99. The zero-order valence-corrected chi connectivity index (χ0v) is 13.3. The molecule has 0 amide bonds. The van der Waals surface area contributed by atoms with Gasteiger partial charge in [-0.2, -0.15) is 26.7 Å². The van der Waals surface area contributed by atoms with Gasteiger partial charge in [0, 0.05) is 32.4 Å². The molecule has 1 fully saturated rings. The average Bonchev–Trinajstić information content (AvgIpc) is 2.46. The molecule has 0 radical (unpaired) electrons. The standard InChI is InChI=1S/C13H24N6S/c1-4-14-11-16-12(18-13(17-11)19(2)3)15-9-10-7-5-6-8-20-10/h10H,4-9H2,1-3H3,(H2,14,15,16,17,18). The molecular weight excluding hydrogens is 272 g/mol. The molecule has 0 aliphatic carbocycles. The first-order valence-corrected chi connectivity index (χ1v) is 8.26. The number of rotatable bonds is 6. The fraction of sp³-hybridized carbons (Fsp3) is 0.769. The van der Waals surface area contributed by atoms with Crippen LogP contribution in [0.25, 0.3) is 0 Å². The van der Waals surface area contributed by atoms with Crippen LogP contribution in [0.2, 0.25) is 0 Å². The van der Waals surface area contributed by atoms with E-state index in [4.69, 9.17) is 0 Å². The van der Waals surface area contributed by atoms with Gasteiger partial charge in [-0.1, -0.05) is 6.42 Å². The Morgan fingerprint density at radius 2 is 1.90 bits per heavy atom. The van der Waals surface area contributed by atoms with Crippen LogP contribution in [0.3, 0.4) is 0 Å². The van der Waals surface area contributed by atoms with Crippen molar-refractivity contribution in [1.82, 2.24) is 15.0 Å². The number of hydrogen-bond acceptors (Lipinski definition) is 7. The van der Waals surface area contributed by atoms with Crippen LogP contribution < -0.4 is 15.5 Å². The Morgan fingerprint density at radius 1 is 1.15 bits per heavy atom. The summed E-state index contributed by atoms with van der Waals surface area (Å²) < 4.78 is 0. The number of nitrogens with zero attached hydrogens (tertiary/aromatic N) is 4. The summed E-state index contributed by atoms with van der Waals surface area (Å²) in [5, 5.41) is 7.18. The minimum absolute atomic E-state index is 0.630. The topological polar surface area (TPSA) is 66.0 Å². The summed E-state index contributed by atoms with van der Waals surface area (Å²) in [5.41, 5.74) is 0. The lowest BCUT2D eigenvalue weighted by molar-refractivity contribution is 0.676. The molecule has 1 aliphatic rings. The minimum Gasteiger partial charge on any atom is -0.354 e. The Hall–Kier alpha value is -1.24. The van der Waals surface area contributed by atoms with Crippen LogP contribution in [0.4, 0.5) is 17.8 Å². The largest absolute Gasteiger partial charge is 0.354 e. The monoisotopic (exact) mass is 296 g/mol. The van der Waals surface area contributed by atoms with E-state index < -0.39 is 0 Å². The molecule has 112 valence electrons. The van der Waals surface area contributed by atoms with Gasteiger partial charge in [-0.25, -0.2) is 0 Å². The summed E-state index contributed by atoms with van der Waals surface area (Å²) in [7, 11) is 3.87. The molecule has 1 unspecified atom stereocenters. The van der Waals surface area contributed by atoms with Gasteiger partial charge in [-0.05, 0) is 25.5 Å². The van der Waals surface area contributed by atoms with Crippen molar-refractivity contribution in [3.63, 3.8) is 0 Å². The lowest BCUT2D eigenvalue weighted by Gasteiger charge is -2.21. The number of nitrogens with one attached hydrogen (secondary N) is 2. The second-order valence-electron chi connectivity index (χ2n) is 5.08. The Labute approximate surface area is 125 Å². The van der Waals surface area contributed by atoms with Gasteiger partial charge < -0.3 is 15.5 Å². The first-order chi connectivity index (χ1) is 9.69. The molecule has 1 atom stereocenters. The summed E-state index contributed by atoms with van der Waals surface area (Å²) in [6.07, 6.45) is 3.97. The van der Waals surface area contributed by atoms with Gasteiger partial charge in [0.25, 0.3) is 0 Å². The molecule has 0 saturated carbocycles. The minimum atomic E-state index is 0.630. The smallest absolute Gasteiger partial charge is 0.231 e. The lowest BCUT2D eigenvalue weighted by Crippen LogP contribution is -2.22. The average molecular weight is 296 g/mol. The van der Waals surface area contributed by atoms with Crippen LogP contribution in [-0.2, 0) is 0 Å². The Morgan fingerprint density at radius 3 is 2.50 bits per heavy atom. The highest BCUT2D eigenvalue weighted by atomic mass is 32.2. The Kier molecular flexibility index (Phi) is 5.70. The van der Waals surface area contributed by atoms with Crippen LogP contribution in [0.1, 0.15) is 26.2 Å². The molecule has 0 aromatic carbocycles. The number of hydrogen-bond donors (Lipinski definition) is 2. The molecule has 0 bridgehead atoms. The SMILES string of the molecule is CCNc1nc(NCC2CCCCS2)nc(N(C)C)n1. The number of anilines is 3. The second kappa shape index (κ2) is 7.52. The van der Waals surface area contributed by atoms with E-state index in [1.54, 1.807) is 0 Å². The highest BCUT2D eigenvalue weighted by Gasteiger charge is 2.15. The molecule has 7 heteroatoms. The molecule has 1 saturated heterocycles. The molecule has 20 heavy (non-hydrogen) atoms. The molecule has 2 rings (SSSR count). The number of aromatic nitrogens is 3. The van der Waals surface area contributed by atoms with Crippen molar-refractivity contribution in [2.24, 2.45) is 0 Å². The van der Waals surface area contributed by atoms with E-state index in [0.717, 1.165) is 13.1 Å². The van der Waals surface area contributed by atoms with E-state index in [9.17, 15) is 0 Å². The maximum Gasteiger partial charge on any atom is 0.231 e. The zero-order chi connectivity index (χ0) is 14.4. The van der Waals surface area contributed by atoms with Crippen LogP contribution >= 0.6 is 11.8 Å². The van der Waals surface area contributed by atoms with E-state index >= 15 is 0 Å². The molecule has 6 nitrogen and oxygen atoms in total. The predicted octanol–water partition coefficient (Wildman–Crippen LogP) is 2.07. The first kappa shape index (κ1) is 15.2. The van der Waals surface area contributed by atoms with Gasteiger partial charge in [-0.15, -0.1) is 0 Å². The molecule has 2 heterocycles. The van der Waals surface area contributed by atoms with Crippen LogP contribution in [0, 0.1) is 0 Å². The van der Waals surface area contributed by atoms with Gasteiger partial charge in [0.15, 0.2) is 0 Å². The molecule has 1 aromatic heterocycles. The third-order valence-corrected chi connectivity index (χ3v) is 4.52. The van der Waals surface area contributed by atoms with E-state index in [0.29, 0.717) is 23.1 Å². The van der Waals surface area contributed by atoms with Crippen LogP contribution in [0.15, 0.2) is 0 Å². The van der Waals surface area contributed by atoms with E-state index in [-0.39, 0.29) is 0 Å². The molecule has 0 spiro atoms. The van der Waals surface area contributed by atoms with Crippen molar-refractivity contribution >= 4 is 29.6 Å². The molecule has 1 aliphatic heterocycles. The Bertz CT molecular complexity index is 419. The zero-order valence-electron chi connectivity index (χ0n) is 12.5. The normalized spacial score (nSPS) is 18.6. The van der Waals surface area contributed by atoms with Crippen molar-refractivity contribution in [2.45, 2.75) is 31.4 Å². The summed E-state index contributed by atoms with van der Waals surface area (Å²) in [5.74, 6) is 3.24. The van der Waals surface area contributed by atoms with Crippen LogP contribution in [-0.4, -0.2) is 53.1 Å². The second-order valence-corrected chi connectivity index (χ2v) is 6.49. The maximum atomic E-state index is 4.44. The fourth-order valence-electron chi connectivity index (χ4n) is 2.05. The third kappa shape index (κ3) is 4.40. The van der Waals surface area contributed by atoms with Gasteiger partial charge in [0.1, 0.15) is 0 Å². The van der Waals surface area contributed by atoms with Crippen molar-refractivity contribution in [3.05, 3.63) is 0 Å². The van der Waals surface area contributed by atoms with Crippen molar-refractivity contribution in [3.8, 4) is 0 Å². The van der Waals surface area contributed by atoms with Crippen molar-refractivity contribution in [2.75, 3.05) is 48.5 Å². The first-order valence-electron chi connectivity index (χ1n) is 7.21. The van der Waals surface area contributed by atoms with Crippen molar-refractivity contribution < 1.29 is 0 Å². The highest BCUT2D eigenvalue weighted by Crippen LogP contribution is 2.25. The summed E-state index contributed by atoms with van der Waals surface area (Å²) in [6, 6.07) is 0. The summed E-state index contributed by atoms with van der Waals surface area (Å²) in [4.78, 5) is 15.1. The van der Waals surface area contributed by atoms with E-state index in [2.05, 4.69) is 25.6 Å². The molecule has 2 N–H and O–H groups in total. The quantitative estimate of drug-likeness (QED) is 0.833. The number of thioether (sulfide) groups is 1. The Balaban J connectivity index is 2.01. The van der Waals surface area contributed by atoms with Crippen molar-refractivity contribution in [1.29, 1.82) is 0 Å². The van der Waals surface area contributed by atoms with E-state index in [1.807, 2.05) is 37.7 Å². The molecular formula is C13H24N6S. The van der Waals surface area contributed by atoms with Gasteiger partial charge in [0.05, 0.1) is 0 Å². The van der Waals surface area contributed by atoms with E-state index in [1.165, 1.54) is 25.0 Å². The lowest BCUT2D eigenvalue weighted by atomic mass is 10.2. The third-order valence-electron chi connectivity index (χ3n) is 3.12. The van der Waals surface area contributed by atoms with Crippen LogP contribution in [0.5, 0.6) is 0 Å². The molecule has 1 aromatic rings.